The Balaban J connectivity index is 1.56. The molecule has 0 spiro atoms. The maximum Gasteiger partial charge on any atom is 0.269 e. The molecule has 11 nitrogen and oxygen atoms in total. The van der Waals surface area contributed by atoms with Gasteiger partial charge >= 0.3 is 0 Å². The Hall–Kier alpha value is -4.81. The zero-order valence-corrected chi connectivity index (χ0v) is 22.4. The monoisotopic (exact) mass is 559 g/mol. The molecule has 2 aromatic carbocycles. The largest absolute Gasteiger partial charge is 0.495 e. The van der Waals surface area contributed by atoms with Gasteiger partial charge in [-0.2, -0.15) is 0 Å². The van der Waals surface area contributed by atoms with Crippen molar-refractivity contribution in [2.24, 2.45) is 0 Å². The highest BCUT2D eigenvalue weighted by Gasteiger charge is 2.42. The Morgan fingerprint density at radius 2 is 1.95 bits per heavy atom. The van der Waals surface area contributed by atoms with Gasteiger partial charge in [0.25, 0.3) is 5.69 Å². The summed E-state index contributed by atoms with van der Waals surface area (Å²) in [6.07, 6.45) is 1.71. The molecule has 1 fully saturated rings. The normalized spacial score (nSPS) is 16.4. The first-order valence-corrected chi connectivity index (χ1v) is 12.6. The van der Waals surface area contributed by atoms with Gasteiger partial charge < -0.3 is 29.4 Å². The first kappa shape index (κ1) is 26.8. The van der Waals surface area contributed by atoms with Gasteiger partial charge in [-0.1, -0.05) is 6.07 Å². The number of carbonyl (C=O) groups is 1. The molecular formula is C28H25N5O6S. The van der Waals surface area contributed by atoms with Crippen LogP contribution in [-0.2, 0) is 9.53 Å². The molecule has 1 aliphatic heterocycles. The Morgan fingerprint density at radius 1 is 1.15 bits per heavy atom. The first-order valence-electron chi connectivity index (χ1n) is 12.2. The topological polar surface area (TPSA) is 132 Å². The van der Waals surface area contributed by atoms with Crippen molar-refractivity contribution in [2.45, 2.75) is 12.1 Å². The number of nitro benzene ring substituents is 1. The molecule has 2 aromatic heterocycles. The smallest absolute Gasteiger partial charge is 0.269 e. The van der Waals surface area contributed by atoms with Gasteiger partial charge in [-0.25, -0.2) is 0 Å². The molecule has 0 bridgehead atoms. The number of benzene rings is 2. The van der Waals surface area contributed by atoms with Crippen LogP contribution in [0.3, 0.4) is 0 Å². The van der Waals surface area contributed by atoms with Crippen molar-refractivity contribution < 1.29 is 23.6 Å². The van der Waals surface area contributed by atoms with Crippen LogP contribution in [0.5, 0.6) is 5.75 Å². The molecule has 3 heterocycles. The van der Waals surface area contributed by atoms with Crippen molar-refractivity contribution in [3.63, 3.8) is 0 Å². The second kappa shape index (κ2) is 11.5. The van der Waals surface area contributed by atoms with Crippen molar-refractivity contribution in [1.82, 2.24) is 10.3 Å². The number of methoxy groups -OCH3 is 2. The number of thiocarbonyl (C=S) groups is 1. The molecular weight excluding hydrogens is 534 g/mol. The zero-order valence-electron chi connectivity index (χ0n) is 21.6. The van der Waals surface area contributed by atoms with Gasteiger partial charge in [0.05, 0.1) is 29.5 Å². The fourth-order valence-electron chi connectivity index (χ4n) is 4.60. The van der Waals surface area contributed by atoms with Crippen molar-refractivity contribution in [3.05, 3.63) is 101 Å². The maximum atomic E-state index is 12.3. The molecule has 4 aromatic rings. The average molecular weight is 560 g/mol. The van der Waals surface area contributed by atoms with Crippen LogP contribution < -0.4 is 20.3 Å². The van der Waals surface area contributed by atoms with E-state index in [4.69, 9.17) is 26.1 Å². The lowest BCUT2D eigenvalue weighted by molar-refractivity contribution is -0.384. The molecule has 2 atom stereocenters. The average Bonchev–Trinajstić information content (AvgIpc) is 3.58. The number of nitrogens with zero attached hydrogens (tertiary/aromatic N) is 3. The van der Waals surface area contributed by atoms with E-state index in [1.165, 1.54) is 26.4 Å². The highest BCUT2D eigenvalue weighted by atomic mass is 32.1. The molecule has 0 saturated carbocycles. The van der Waals surface area contributed by atoms with E-state index in [2.05, 4.69) is 15.6 Å². The highest BCUT2D eigenvalue weighted by Crippen LogP contribution is 2.44. The minimum Gasteiger partial charge on any atom is -0.495 e. The molecule has 2 unspecified atom stereocenters. The second-order valence-electron chi connectivity index (χ2n) is 8.87. The van der Waals surface area contributed by atoms with Crippen LogP contribution in [0.15, 0.2) is 83.4 Å². The van der Waals surface area contributed by atoms with Gasteiger partial charge in [-0.15, -0.1) is 0 Å². The summed E-state index contributed by atoms with van der Waals surface area (Å²) in [4.78, 5) is 29.4. The van der Waals surface area contributed by atoms with Crippen molar-refractivity contribution in [1.29, 1.82) is 0 Å². The lowest BCUT2D eigenvalue weighted by Crippen LogP contribution is -2.29. The van der Waals surface area contributed by atoms with E-state index in [9.17, 15) is 14.9 Å². The Bertz CT molecular complexity index is 1540. The molecule has 0 radical (unpaired) electrons. The molecule has 12 heteroatoms. The quantitative estimate of drug-likeness (QED) is 0.164. The summed E-state index contributed by atoms with van der Waals surface area (Å²) in [6, 6.07) is 20.0. The summed E-state index contributed by atoms with van der Waals surface area (Å²) in [5, 5.41) is 17.7. The SMILES string of the molecule is COCC(=O)Nc1cc(N2C(=S)NC(c3ccccn3)C2c2ccc(-c3ccc([N+](=O)[O-])cc3)o2)ccc1OC. The van der Waals surface area contributed by atoms with Crippen molar-refractivity contribution in [3.8, 4) is 17.1 Å². The number of nitrogens with one attached hydrogen (secondary N) is 2. The summed E-state index contributed by atoms with van der Waals surface area (Å²) in [6.45, 7) is -0.112. The molecule has 40 heavy (non-hydrogen) atoms. The fraction of sp³-hybridized carbons (Fsp3) is 0.179. The van der Waals surface area contributed by atoms with E-state index in [1.54, 1.807) is 30.5 Å². The number of pyridine rings is 1. The Morgan fingerprint density at radius 3 is 2.62 bits per heavy atom. The second-order valence-corrected chi connectivity index (χ2v) is 9.26. The lowest BCUT2D eigenvalue weighted by Gasteiger charge is -2.27. The van der Waals surface area contributed by atoms with Crippen LogP contribution in [0, 0.1) is 10.1 Å². The number of hydrogen-bond acceptors (Lipinski definition) is 8. The summed E-state index contributed by atoms with van der Waals surface area (Å²) in [7, 11) is 2.96. The van der Waals surface area contributed by atoms with Crippen LogP contribution in [0.4, 0.5) is 17.1 Å². The molecule has 5 rings (SSSR count). The molecule has 0 aliphatic carbocycles. The summed E-state index contributed by atoms with van der Waals surface area (Å²) >= 11 is 5.79. The minimum absolute atomic E-state index is 0.00448. The number of ether oxygens (including phenoxy) is 2. The first-order chi connectivity index (χ1) is 19.4. The molecule has 1 saturated heterocycles. The van der Waals surface area contributed by atoms with E-state index < -0.39 is 11.0 Å². The number of carbonyl (C=O) groups excluding carboxylic acids is 1. The lowest BCUT2D eigenvalue weighted by atomic mass is 10.0. The summed E-state index contributed by atoms with van der Waals surface area (Å²) < 4.78 is 16.7. The maximum absolute atomic E-state index is 12.3. The molecule has 1 amide bonds. The van der Waals surface area contributed by atoms with Gasteiger partial charge in [-0.05, 0) is 66.8 Å². The number of furan rings is 1. The highest BCUT2D eigenvalue weighted by molar-refractivity contribution is 7.80. The van der Waals surface area contributed by atoms with Gasteiger partial charge in [0.1, 0.15) is 29.9 Å². The number of nitro groups is 1. The fourth-order valence-corrected chi connectivity index (χ4v) is 4.94. The number of amides is 1. The molecule has 1 aliphatic rings. The minimum atomic E-state index is -0.454. The van der Waals surface area contributed by atoms with Crippen LogP contribution in [0.2, 0.25) is 0 Å². The predicted octanol–water partition coefficient (Wildman–Crippen LogP) is 5.02. The van der Waals surface area contributed by atoms with Crippen LogP contribution in [0.25, 0.3) is 11.3 Å². The Labute approximate surface area is 234 Å². The predicted molar refractivity (Wildman–Crippen MR) is 152 cm³/mol. The van der Waals surface area contributed by atoms with Gasteiger partial charge in [0.15, 0.2) is 5.11 Å². The molecule has 204 valence electrons. The zero-order chi connectivity index (χ0) is 28.2. The third-order valence-corrected chi connectivity index (χ3v) is 6.70. The van der Waals surface area contributed by atoms with Gasteiger partial charge in [-0.3, -0.25) is 19.9 Å². The van der Waals surface area contributed by atoms with Gasteiger partial charge in [0, 0.05) is 36.7 Å². The number of anilines is 2. The van der Waals surface area contributed by atoms with Crippen molar-refractivity contribution in [2.75, 3.05) is 31.0 Å². The van der Waals surface area contributed by atoms with E-state index in [1.807, 2.05) is 41.3 Å². The van der Waals surface area contributed by atoms with Crippen LogP contribution in [0.1, 0.15) is 23.5 Å². The van der Waals surface area contributed by atoms with E-state index >= 15 is 0 Å². The number of non-ortho nitro benzene ring substituents is 1. The van der Waals surface area contributed by atoms with E-state index in [0.717, 1.165) is 5.69 Å². The van der Waals surface area contributed by atoms with E-state index in [0.29, 0.717) is 39.3 Å². The van der Waals surface area contributed by atoms with Crippen LogP contribution >= 0.6 is 12.2 Å². The number of hydrogen-bond donors (Lipinski definition) is 2. The van der Waals surface area contributed by atoms with E-state index in [-0.39, 0.29) is 24.2 Å². The molecule has 2 N–H and O–H groups in total. The third-order valence-electron chi connectivity index (χ3n) is 6.39. The van der Waals surface area contributed by atoms with Crippen LogP contribution in [-0.4, -0.2) is 41.8 Å². The Kier molecular flexibility index (Phi) is 7.71. The van der Waals surface area contributed by atoms with Crippen molar-refractivity contribution >= 4 is 40.3 Å². The number of rotatable bonds is 9. The summed E-state index contributed by atoms with van der Waals surface area (Å²) in [5.74, 6) is 1.28. The number of aromatic nitrogens is 1. The summed E-state index contributed by atoms with van der Waals surface area (Å²) in [5.41, 5.74) is 2.58. The standard InChI is InChI=1S/C28H25N5O6S/c1-37-16-25(34)30-21-15-19(10-11-23(21)38-2)32-27(26(31-28(32)40)20-5-3-4-14-29-20)24-13-12-22(39-24)17-6-8-18(9-7-17)33(35)36/h3-15,26-27H,16H2,1-2H3,(H,30,34)(H,31,40). The van der Waals surface area contributed by atoms with Gasteiger partial charge in [0.2, 0.25) is 5.91 Å². The third kappa shape index (κ3) is 5.35.